The van der Waals surface area contributed by atoms with Crippen molar-refractivity contribution in [2.45, 2.75) is 6.42 Å². The Labute approximate surface area is 114 Å². The van der Waals surface area contributed by atoms with Crippen LogP contribution in [-0.2, 0) is 11.2 Å². The third kappa shape index (κ3) is 3.14. The van der Waals surface area contributed by atoms with E-state index in [1.165, 1.54) is 25.3 Å². The second kappa shape index (κ2) is 5.87. The number of ether oxygens (including phenoxy) is 1. The number of nitrogens with one attached hydrogen (secondary N) is 2. The maximum Gasteiger partial charge on any atom is 0.339 e. The van der Waals surface area contributed by atoms with Crippen LogP contribution in [-0.4, -0.2) is 34.3 Å². The molecule has 0 bridgehead atoms. The lowest BCUT2D eigenvalue weighted by Gasteiger charge is -2.09. The van der Waals surface area contributed by atoms with E-state index in [1.807, 2.05) is 0 Å². The van der Waals surface area contributed by atoms with Crippen molar-refractivity contribution in [2.24, 2.45) is 0 Å². The van der Waals surface area contributed by atoms with E-state index in [-0.39, 0.29) is 23.6 Å². The van der Waals surface area contributed by atoms with Crippen molar-refractivity contribution in [1.29, 1.82) is 0 Å². The summed E-state index contributed by atoms with van der Waals surface area (Å²) in [5.41, 5.74) is 1.20. The highest BCUT2D eigenvalue weighted by Crippen LogP contribution is 2.23. The number of aromatic carboxylic acids is 1. The lowest BCUT2D eigenvalue weighted by molar-refractivity contribution is -0.115. The van der Waals surface area contributed by atoms with E-state index in [4.69, 9.17) is 9.84 Å². The molecule has 0 aliphatic rings. The topological polar surface area (TPSA) is 104 Å². The van der Waals surface area contributed by atoms with E-state index >= 15 is 0 Å². The van der Waals surface area contributed by atoms with Gasteiger partial charge in [-0.1, -0.05) is 0 Å². The first-order valence-corrected chi connectivity index (χ1v) is 5.79. The molecule has 3 N–H and O–H groups in total. The number of aromatic amines is 1. The van der Waals surface area contributed by atoms with Gasteiger partial charge < -0.3 is 15.2 Å². The molecule has 104 valence electrons. The van der Waals surface area contributed by atoms with Gasteiger partial charge in [-0.15, -0.1) is 0 Å². The number of benzene rings is 1. The first-order valence-electron chi connectivity index (χ1n) is 5.79. The molecule has 0 radical (unpaired) electrons. The summed E-state index contributed by atoms with van der Waals surface area (Å²) in [4.78, 5) is 22.7. The largest absolute Gasteiger partial charge is 0.496 e. The van der Waals surface area contributed by atoms with Crippen LogP contribution in [0.2, 0.25) is 0 Å². The number of amides is 1. The third-order valence-electron chi connectivity index (χ3n) is 2.63. The van der Waals surface area contributed by atoms with E-state index in [0.29, 0.717) is 11.4 Å². The van der Waals surface area contributed by atoms with Crippen molar-refractivity contribution in [3.05, 3.63) is 41.7 Å². The number of carboxylic acid groups (broad SMARTS) is 1. The van der Waals surface area contributed by atoms with E-state index in [2.05, 4.69) is 15.5 Å². The number of hydrogen-bond acceptors (Lipinski definition) is 4. The van der Waals surface area contributed by atoms with Gasteiger partial charge in [-0.2, -0.15) is 5.10 Å². The van der Waals surface area contributed by atoms with Gasteiger partial charge in [0.1, 0.15) is 11.3 Å². The Hall–Kier alpha value is -2.83. The van der Waals surface area contributed by atoms with Gasteiger partial charge in [0.25, 0.3) is 0 Å². The summed E-state index contributed by atoms with van der Waals surface area (Å²) in [7, 11) is 1.37. The molecule has 0 fully saturated rings. The van der Waals surface area contributed by atoms with Crippen LogP contribution in [0.4, 0.5) is 5.69 Å². The number of carboxylic acids is 1. The van der Waals surface area contributed by atoms with Crippen molar-refractivity contribution in [2.75, 3.05) is 12.4 Å². The van der Waals surface area contributed by atoms with Crippen LogP contribution in [0, 0.1) is 0 Å². The highest BCUT2D eigenvalue weighted by atomic mass is 16.5. The lowest BCUT2D eigenvalue weighted by atomic mass is 10.1. The van der Waals surface area contributed by atoms with Gasteiger partial charge in [0.05, 0.1) is 13.5 Å². The number of H-pyrrole nitrogens is 1. The predicted molar refractivity (Wildman–Crippen MR) is 70.9 cm³/mol. The molecule has 0 saturated heterocycles. The molecule has 0 unspecified atom stereocenters. The average molecular weight is 275 g/mol. The summed E-state index contributed by atoms with van der Waals surface area (Å²) in [5.74, 6) is -1.13. The molecule has 1 amide bonds. The molecule has 7 nitrogen and oxygen atoms in total. The van der Waals surface area contributed by atoms with Crippen molar-refractivity contribution in [3.63, 3.8) is 0 Å². The van der Waals surface area contributed by atoms with Gasteiger partial charge in [-0.3, -0.25) is 9.89 Å². The molecule has 7 heteroatoms. The van der Waals surface area contributed by atoms with Crippen molar-refractivity contribution in [3.8, 4) is 5.75 Å². The first kappa shape index (κ1) is 13.6. The maximum absolute atomic E-state index is 11.8. The van der Waals surface area contributed by atoms with Crippen molar-refractivity contribution >= 4 is 17.6 Å². The minimum absolute atomic E-state index is 0.0408. The number of nitrogens with zero attached hydrogens (tertiary/aromatic N) is 1. The molecular formula is C13H13N3O4. The Kier molecular flexibility index (Phi) is 3.99. The Balaban J connectivity index is 2.09. The fourth-order valence-electron chi connectivity index (χ4n) is 1.71. The monoisotopic (exact) mass is 275 g/mol. The van der Waals surface area contributed by atoms with E-state index in [0.717, 1.165) is 0 Å². The Bertz CT molecular complexity index is 623. The van der Waals surface area contributed by atoms with E-state index in [1.54, 1.807) is 12.3 Å². The Morgan fingerprint density at radius 2 is 2.20 bits per heavy atom. The standard InChI is InChI=1S/C13H13N3O4/c1-20-11-6-8(2-3-10(11)13(18)19)15-12(17)7-9-4-5-14-16-9/h2-6H,7H2,1H3,(H,14,16)(H,15,17)(H,18,19). The molecule has 0 aliphatic heterocycles. The summed E-state index contributed by atoms with van der Waals surface area (Å²) in [6, 6.07) is 6.06. The number of methoxy groups -OCH3 is 1. The fourth-order valence-corrected chi connectivity index (χ4v) is 1.71. The SMILES string of the molecule is COc1cc(NC(=O)Cc2ccn[nH]2)ccc1C(=O)O. The smallest absolute Gasteiger partial charge is 0.339 e. The van der Waals surface area contributed by atoms with Crippen molar-refractivity contribution < 1.29 is 19.4 Å². The van der Waals surface area contributed by atoms with Gasteiger partial charge in [0.2, 0.25) is 5.91 Å². The Morgan fingerprint density at radius 1 is 1.40 bits per heavy atom. The highest BCUT2D eigenvalue weighted by molar-refractivity contribution is 5.95. The van der Waals surface area contributed by atoms with Gasteiger partial charge in [0, 0.05) is 23.6 Å². The minimum atomic E-state index is -1.09. The summed E-state index contributed by atoms with van der Waals surface area (Å²) < 4.78 is 4.99. The zero-order valence-electron chi connectivity index (χ0n) is 10.7. The molecule has 0 saturated carbocycles. The second-order valence-corrected chi connectivity index (χ2v) is 4.03. The molecule has 1 aromatic carbocycles. The first-order chi connectivity index (χ1) is 9.60. The van der Waals surface area contributed by atoms with Crippen LogP contribution in [0.15, 0.2) is 30.5 Å². The summed E-state index contributed by atoms with van der Waals surface area (Å²) in [6.45, 7) is 0. The number of carbonyl (C=O) groups is 2. The molecule has 1 heterocycles. The summed E-state index contributed by atoms with van der Waals surface area (Å²) >= 11 is 0. The molecule has 0 aliphatic carbocycles. The normalized spacial score (nSPS) is 10.1. The number of rotatable bonds is 5. The third-order valence-corrected chi connectivity index (χ3v) is 2.63. The number of hydrogen-bond donors (Lipinski definition) is 3. The summed E-state index contributed by atoms with van der Waals surface area (Å²) in [6.07, 6.45) is 1.72. The van der Waals surface area contributed by atoms with Crippen LogP contribution in [0.1, 0.15) is 16.1 Å². The van der Waals surface area contributed by atoms with Crippen molar-refractivity contribution in [1.82, 2.24) is 10.2 Å². The number of carbonyl (C=O) groups excluding carboxylic acids is 1. The maximum atomic E-state index is 11.8. The molecule has 2 aromatic rings. The molecule has 0 spiro atoms. The summed E-state index contributed by atoms with van der Waals surface area (Å²) in [5, 5.41) is 18.1. The zero-order valence-corrected chi connectivity index (χ0v) is 10.7. The Morgan fingerprint density at radius 3 is 2.80 bits per heavy atom. The van der Waals surface area contributed by atoms with Gasteiger partial charge in [-0.25, -0.2) is 4.79 Å². The molecule has 0 atom stereocenters. The van der Waals surface area contributed by atoms with Gasteiger partial charge in [0.15, 0.2) is 0 Å². The zero-order chi connectivity index (χ0) is 14.5. The molecular weight excluding hydrogens is 262 g/mol. The van der Waals surface area contributed by atoms with Crippen LogP contribution < -0.4 is 10.1 Å². The van der Waals surface area contributed by atoms with Crippen LogP contribution in [0.5, 0.6) is 5.75 Å². The molecule has 2 rings (SSSR count). The highest BCUT2D eigenvalue weighted by Gasteiger charge is 2.12. The second-order valence-electron chi connectivity index (χ2n) is 4.03. The number of anilines is 1. The minimum Gasteiger partial charge on any atom is -0.496 e. The van der Waals surface area contributed by atoms with Crippen LogP contribution in [0.3, 0.4) is 0 Å². The predicted octanol–water partition coefficient (Wildman–Crippen LogP) is 1.30. The van der Waals surface area contributed by atoms with Crippen LogP contribution in [0.25, 0.3) is 0 Å². The fraction of sp³-hybridized carbons (Fsp3) is 0.154. The average Bonchev–Trinajstić information content (AvgIpc) is 2.90. The van der Waals surface area contributed by atoms with E-state index < -0.39 is 5.97 Å². The van der Waals surface area contributed by atoms with Crippen LogP contribution >= 0.6 is 0 Å². The molecule has 1 aromatic heterocycles. The lowest BCUT2D eigenvalue weighted by Crippen LogP contribution is -2.15. The number of aromatic nitrogens is 2. The van der Waals surface area contributed by atoms with Gasteiger partial charge >= 0.3 is 5.97 Å². The van der Waals surface area contributed by atoms with Gasteiger partial charge in [-0.05, 0) is 18.2 Å². The molecule has 20 heavy (non-hydrogen) atoms. The quantitative estimate of drug-likeness (QED) is 0.762. The van der Waals surface area contributed by atoms with E-state index in [9.17, 15) is 9.59 Å².